The molecule has 0 atom stereocenters. The van der Waals surface area contributed by atoms with Gasteiger partial charge in [0.05, 0.1) is 22.7 Å². The van der Waals surface area contributed by atoms with Crippen LogP contribution < -0.4 is 4.72 Å². The molecule has 1 aromatic carbocycles. The molecule has 0 saturated heterocycles. The molecule has 0 aliphatic carbocycles. The van der Waals surface area contributed by atoms with E-state index >= 15 is 0 Å². The Morgan fingerprint density at radius 2 is 1.77 bits per heavy atom. The van der Waals surface area contributed by atoms with Crippen LogP contribution >= 0.6 is 11.6 Å². The number of hydrogen-bond donors (Lipinski definition) is 1. The number of sulfonamides is 1. The first-order valence-corrected chi connectivity index (χ1v) is 7.69. The SMILES string of the molecule is O=S(=O)(NCc1nccnc1Cl)c1ccccc1C(F)(F)F. The molecule has 0 fully saturated rings. The Balaban J connectivity index is 2.31. The van der Waals surface area contributed by atoms with Crippen molar-refractivity contribution in [3.05, 3.63) is 53.1 Å². The fourth-order valence-corrected chi connectivity index (χ4v) is 3.03. The monoisotopic (exact) mass is 351 g/mol. The summed E-state index contributed by atoms with van der Waals surface area (Å²) in [5, 5.41) is -0.0330. The van der Waals surface area contributed by atoms with Crippen molar-refractivity contribution < 1.29 is 21.6 Å². The van der Waals surface area contributed by atoms with Crippen molar-refractivity contribution in [3.8, 4) is 0 Å². The Kier molecular flexibility index (Phi) is 4.69. The first kappa shape index (κ1) is 16.7. The van der Waals surface area contributed by atoms with Gasteiger partial charge >= 0.3 is 6.18 Å². The summed E-state index contributed by atoms with van der Waals surface area (Å²) in [6.07, 6.45) is -2.19. The lowest BCUT2D eigenvalue weighted by molar-refractivity contribution is -0.139. The highest BCUT2D eigenvalue weighted by atomic mass is 35.5. The number of nitrogens with one attached hydrogen (secondary N) is 1. The Bertz CT molecular complexity index is 781. The smallest absolute Gasteiger partial charge is 0.255 e. The van der Waals surface area contributed by atoms with Gasteiger partial charge in [0.25, 0.3) is 0 Å². The quantitative estimate of drug-likeness (QED) is 0.919. The molecule has 0 bridgehead atoms. The maximum atomic E-state index is 12.9. The third-order valence-corrected chi connectivity index (χ3v) is 4.41. The number of alkyl halides is 3. The van der Waals surface area contributed by atoms with Crippen molar-refractivity contribution in [2.24, 2.45) is 0 Å². The van der Waals surface area contributed by atoms with Gasteiger partial charge in [-0.15, -0.1) is 0 Å². The molecule has 0 radical (unpaired) electrons. The fourth-order valence-electron chi connectivity index (χ4n) is 1.64. The van der Waals surface area contributed by atoms with E-state index < -0.39 is 26.7 Å². The van der Waals surface area contributed by atoms with Crippen LogP contribution in [0.5, 0.6) is 0 Å². The molecule has 1 heterocycles. The molecule has 5 nitrogen and oxygen atoms in total. The Morgan fingerprint density at radius 3 is 2.41 bits per heavy atom. The molecular formula is C12H9ClF3N3O2S. The molecule has 118 valence electrons. The van der Waals surface area contributed by atoms with E-state index in [0.29, 0.717) is 6.07 Å². The van der Waals surface area contributed by atoms with Gasteiger partial charge in [-0.3, -0.25) is 4.98 Å². The lowest BCUT2D eigenvalue weighted by Gasteiger charge is -2.13. The van der Waals surface area contributed by atoms with Gasteiger partial charge in [0.1, 0.15) is 0 Å². The Morgan fingerprint density at radius 1 is 1.14 bits per heavy atom. The van der Waals surface area contributed by atoms with E-state index in [2.05, 4.69) is 9.97 Å². The minimum absolute atomic E-state index is 0.0330. The summed E-state index contributed by atoms with van der Waals surface area (Å²) in [4.78, 5) is 6.64. The topological polar surface area (TPSA) is 72.0 Å². The first-order chi connectivity index (χ1) is 10.2. The van der Waals surface area contributed by atoms with Crippen molar-refractivity contribution in [2.75, 3.05) is 0 Å². The second kappa shape index (κ2) is 6.19. The molecule has 1 N–H and O–H groups in total. The van der Waals surface area contributed by atoms with E-state index in [0.717, 1.165) is 12.1 Å². The summed E-state index contributed by atoms with van der Waals surface area (Å²) in [7, 11) is -4.39. The third kappa shape index (κ3) is 3.73. The fraction of sp³-hybridized carbons (Fsp3) is 0.167. The summed E-state index contributed by atoms with van der Waals surface area (Å²) in [6.45, 7) is -0.374. The van der Waals surface area contributed by atoms with Crippen LogP contribution in [0, 0.1) is 0 Å². The van der Waals surface area contributed by atoms with Gasteiger partial charge in [-0.1, -0.05) is 23.7 Å². The lowest BCUT2D eigenvalue weighted by Crippen LogP contribution is -2.26. The summed E-state index contributed by atoms with van der Waals surface area (Å²) in [5.41, 5.74) is -1.13. The second-order valence-electron chi connectivity index (χ2n) is 4.11. The van der Waals surface area contributed by atoms with Gasteiger partial charge in [-0.2, -0.15) is 13.2 Å². The van der Waals surface area contributed by atoms with Gasteiger partial charge in [0.2, 0.25) is 10.0 Å². The average Bonchev–Trinajstić information content (AvgIpc) is 2.46. The third-order valence-electron chi connectivity index (χ3n) is 2.63. The van der Waals surface area contributed by atoms with E-state index in [9.17, 15) is 21.6 Å². The molecule has 0 unspecified atom stereocenters. The minimum atomic E-state index is -4.78. The van der Waals surface area contributed by atoms with Gasteiger partial charge in [0, 0.05) is 12.4 Å². The molecule has 0 spiro atoms. The summed E-state index contributed by atoms with van der Waals surface area (Å²) in [5.74, 6) is 0. The number of benzene rings is 1. The van der Waals surface area contributed by atoms with Crippen LogP contribution in [0.25, 0.3) is 0 Å². The highest BCUT2D eigenvalue weighted by molar-refractivity contribution is 7.89. The van der Waals surface area contributed by atoms with Crippen molar-refractivity contribution >= 4 is 21.6 Å². The number of aromatic nitrogens is 2. The van der Waals surface area contributed by atoms with Crippen LogP contribution in [0.4, 0.5) is 13.2 Å². The minimum Gasteiger partial charge on any atom is -0.255 e. The zero-order valence-corrected chi connectivity index (χ0v) is 12.4. The van der Waals surface area contributed by atoms with Crippen LogP contribution in [-0.2, 0) is 22.7 Å². The highest BCUT2D eigenvalue weighted by Crippen LogP contribution is 2.33. The molecule has 0 aliphatic rings. The van der Waals surface area contributed by atoms with Gasteiger partial charge < -0.3 is 0 Å². The first-order valence-electron chi connectivity index (χ1n) is 5.83. The summed E-state index contributed by atoms with van der Waals surface area (Å²) >= 11 is 5.71. The average molecular weight is 352 g/mol. The number of nitrogens with zero attached hydrogens (tertiary/aromatic N) is 2. The van der Waals surface area contributed by atoms with E-state index in [4.69, 9.17) is 11.6 Å². The largest absolute Gasteiger partial charge is 0.417 e. The maximum absolute atomic E-state index is 12.9. The molecule has 0 aliphatic heterocycles. The molecule has 2 aromatic rings. The molecule has 22 heavy (non-hydrogen) atoms. The van der Waals surface area contributed by atoms with Crippen LogP contribution in [0.15, 0.2) is 41.6 Å². The van der Waals surface area contributed by atoms with Crippen LogP contribution in [-0.4, -0.2) is 18.4 Å². The van der Waals surface area contributed by atoms with Crippen molar-refractivity contribution in [3.63, 3.8) is 0 Å². The van der Waals surface area contributed by atoms with E-state index in [1.807, 2.05) is 4.72 Å². The predicted octanol–water partition coefficient (Wildman–Crippen LogP) is 2.63. The molecule has 0 saturated carbocycles. The van der Waals surface area contributed by atoms with E-state index in [1.165, 1.54) is 18.5 Å². The number of rotatable bonds is 4. The molecule has 0 amide bonds. The number of halogens is 4. The van der Waals surface area contributed by atoms with Gasteiger partial charge in [0.15, 0.2) is 5.15 Å². The maximum Gasteiger partial charge on any atom is 0.417 e. The molecular weight excluding hydrogens is 343 g/mol. The van der Waals surface area contributed by atoms with Crippen molar-refractivity contribution in [1.29, 1.82) is 0 Å². The Labute approximate surface area is 129 Å². The molecule has 10 heteroatoms. The zero-order chi connectivity index (χ0) is 16.4. The highest BCUT2D eigenvalue weighted by Gasteiger charge is 2.36. The molecule has 2 rings (SSSR count). The normalized spacial score (nSPS) is 12.4. The Hall–Kier alpha value is -1.71. The number of hydrogen-bond acceptors (Lipinski definition) is 4. The lowest BCUT2D eigenvalue weighted by atomic mass is 10.2. The van der Waals surface area contributed by atoms with Crippen molar-refractivity contribution in [1.82, 2.24) is 14.7 Å². The zero-order valence-electron chi connectivity index (χ0n) is 10.8. The van der Waals surface area contributed by atoms with Gasteiger partial charge in [-0.05, 0) is 12.1 Å². The molecule has 1 aromatic heterocycles. The van der Waals surface area contributed by atoms with E-state index in [1.54, 1.807) is 0 Å². The summed E-state index contributed by atoms with van der Waals surface area (Å²) in [6, 6.07) is 3.90. The summed E-state index contributed by atoms with van der Waals surface area (Å²) < 4.78 is 64.8. The van der Waals surface area contributed by atoms with E-state index in [-0.39, 0.29) is 17.4 Å². The van der Waals surface area contributed by atoms with Crippen LogP contribution in [0.1, 0.15) is 11.3 Å². The van der Waals surface area contributed by atoms with Gasteiger partial charge in [-0.25, -0.2) is 18.1 Å². The predicted molar refractivity (Wildman–Crippen MR) is 72.5 cm³/mol. The van der Waals surface area contributed by atoms with Crippen LogP contribution in [0.3, 0.4) is 0 Å². The van der Waals surface area contributed by atoms with Crippen LogP contribution in [0.2, 0.25) is 5.15 Å². The standard InChI is InChI=1S/C12H9ClF3N3O2S/c13-11-9(17-5-6-18-11)7-19-22(20,21)10-4-2-1-3-8(10)12(14,15)16/h1-6,19H,7H2. The van der Waals surface area contributed by atoms with Crippen molar-refractivity contribution in [2.45, 2.75) is 17.6 Å². The second-order valence-corrected chi connectivity index (χ2v) is 6.21.